The van der Waals surface area contributed by atoms with Crippen LogP contribution in [0.4, 0.5) is 0 Å². The van der Waals surface area contributed by atoms with Gasteiger partial charge in [0.15, 0.2) is 0 Å². The molecule has 16 heavy (non-hydrogen) atoms. The van der Waals surface area contributed by atoms with E-state index in [2.05, 4.69) is 24.3 Å². The zero-order chi connectivity index (χ0) is 11.1. The topological polar surface area (TPSA) is 0 Å². The molecule has 0 saturated heterocycles. The normalized spacial score (nSPS) is 25.8. The van der Waals surface area contributed by atoms with E-state index in [1.165, 1.54) is 64.2 Å². The van der Waals surface area contributed by atoms with Crippen LogP contribution in [0.5, 0.6) is 0 Å². The Morgan fingerprint density at radius 3 is 1.25 bits per heavy atom. The second kappa shape index (κ2) is 6.93. The first kappa shape index (κ1) is 12.0. The lowest BCUT2D eigenvalue weighted by Gasteiger charge is -2.18. The molecular weight excluding hydrogens is 192 g/mol. The van der Waals surface area contributed by atoms with Crippen molar-refractivity contribution in [3.8, 4) is 0 Å². The van der Waals surface area contributed by atoms with Gasteiger partial charge >= 0.3 is 0 Å². The molecule has 2 aliphatic carbocycles. The standard InChI is InChI=1S/C16H26/c1-3-9-15(10-4-1)13-7-8-14-16-11-5-2-6-12-16/h7-8,13-16H,1-6,9-12H2/b13-7-,14-8+. The molecule has 2 aliphatic rings. The SMILES string of the molecule is C(=C/C1CCCCC1)/C=C/C1CCCCC1. The summed E-state index contributed by atoms with van der Waals surface area (Å²) in [6.45, 7) is 0. The van der Waals surface area contributed by atoms with Gasteiger partial charge in [-0.2, -0.15) is 0 Å². The molecule has 0 unspecified atom stereocenters. The van der Waals surface area contributed by atoms with Crippen molar-refractivity contribution in [1.29, 1.82) is 0 Å². The van der Waals surface area contributed by atoms with Gasteiger partial charge in [0, 0.05) is 0 Å². The van der Waals surface area contributed by atoms with Crippen LogP contribution in [0.2, 0.25) is 0 Å². The Hall–Kier alpha value is -0.520. The predicted molar refractivity (Wildman–Crippen MR) is 71.4 cm³/mol. The van der Waals surface area contributed by atoms with Crippen LogP contribution in [0.15, 0.2) is 24.3 Å². The first-order valence-electron chi connectivity index (χ1n) is 7.30. The highest BCUT2D eigenvalue weighted by Crippen LogP contribution is 2.26. The number of allylic oxidation sites excluding steroid dienone is 4. The van der Waals surface area contributed by atoms with Gasteiger partial charge in [-0.1, -0.05) is 62.8 Å². The molecule has 0 spiro atoms. The molecule has 0 bridgehead atoms. The fraction of sp³-hybridized carbons (Fsp3) is 0.750. The van der Waals surface area contributed by atoms with Gasteiger partial charge in [-0.3, -0.25) is 0 Å². The van der Waals surface area contributed by atoms with Crippen molar-refractivity contribution in [2.24, 2.45) is 11.8 Å². The van der Waals surface area contributed by atoms with Gasteiger partial charge < -0.3 is 0 Å². The molecule has 0 N–H and O–H groups in total. The van der Waals surface area contributed by atoms with E-state index in [1.807, 2.05) is 0 Å². The smallest absolute Gasteiger partial charge is 0.0230 e. The highest BCUT2D eigenvalue weighted by atomic mass is 14.2. The van der Waals surface area contributed by atoms with E-state index in [9.17, 15) is 0 Å². The largest absolute Gasteiger partial charge is 0.0814 e. The van der Waals surface area contributed by atoms with Crippen LogP contribution >= 0.6 is 0 Å². The van der Waals surface area contributed by atoms with Crippen molar-refractivity contribution >= 4 is 0 Å². The average molecular weight is 218 g/mol. The van der Waals surface area contributed by atoms with Gasteiger partial charge in [0.1, 0.15) is 0 Å². The zero-order valence-electron chi connectivity index (χ0n) is 10.5. The van der Waals surface area contributed by atoms with Crippen LogP contribution in [-0.4, -0.2) is 0 Å². The molecule has 2 saturated carbocycles. The van der Waals surface area contributed by atoms with E-state index >= 15 is 0 Å². The fourth-order valence-electron chi connectivity index (χ4n) is 3.10. The fourth-order valence-corrected chi connectivity index (χ4v) is 3.10. The van der Waals surface area contributed by atoms with Crippen molar-refractivity contribution in [1.82, 2.24) is 0 Å². The summed E-state index contributed by atoms with van der Waals surface area (Å²) in [5, 5.41) is 0. The van der Waals surface area contributed by atoms with E-state index in [4.69, 9.17) is 0 Å². The third kappa shape index (κ3) is 4.15. The van der Waals surface area contributed by atoms with Crippen LogP contribution in [0.1, 0.15) is 64.2 Å². The summed E-state index contributed by atoms with van der Waals surface area (Å²) < 4.78 is 0. The lowest BCUT2D eigenvalue weighted by Crippen LogP contribution is -2.03. The summed E-state index contributed by atoms with van der Waals surface area (Å²) in [5.41, 5.74) is 0. The summed E-state index contributed by atoms with van der Waals surface area (Å²) >= 11 is 0. The molecule has 0 atom stereocenters. The van der Waals surface area contributed by atoms with Crippen molar-refractivity contribution in [3.63, 3.8) is 0 Å². The molecule has 0 amide bonds. The van der Waals surface area contributed by atoms with Gasteiger partial charge in [-0.15, -0.1) is 0 Å². The van der Waals surface area contributed by atoms with Crippen molar-refractivity contribution < 1.29 is 0 Å². The molecule has 0 aromatic carbocycles. The summed E-state index contributed by atoms with van der Waals surface area (Å²) in [5.74, 6) is 1.76. The van der Waals surface area contributed by atoms with E-state index in [0.717, 1.165) is 11.8 Å². The summed E-state index contributed by atoms with van der Waals surface area (Å²) in [6.07, 6.45) is 23.9. The maximum absolute atomic E-state index is 2.44. The van der Waals surface area contributed by atoms with Crippen molar-refractivity contribution in [2.45, 2.75) is 64.2 Å². The molecule has 0 heterocycles. The van der Waals surface area contributed by atoms with E-state index < -0.39 is 0 Å². The van der Waals surface area contributed by atoms with E-state index in [-0.39, 0.29) is 0 Å². The monoisotopic (exact) mass is 218 g/mol. The third-order valence-electron chi connectivity index (χ3n) is 4.18. The maximum Gasteiger partial charge on any atom is -0.0230 e. The first-order valence-corrected chi connectivity index (χ1v) is 7.30. The molecule has 0 heteroatoms. The van der Waals surface area contributed by atoms with E-state index in [1.54, 1.807) is 0 Å². The molecule has 2 rings (SSSR count). The lowest BCUT2D eigenvalue weighted by molar-refractivity contribution is 0.418. The summed E-state index contributed by atoms with van der Waals surface area (Å²) in [6, 6.07) is 0. The summed E-state index contributed by atoms with van der Waals surface area (Å²) in [7, 11) is 0. The van der Waals surface area contributed by atoms with Crippen LogP contribution in [0, 0.1) is 11.8 Å². The molecule has 90 valence electrons. The third-order valence-corrected chi connectivity index (χ3v) is 4.18. The zero-order valence-corrected chi connectivity index (χ0v) is 10.5. The molecule has 2 fully saturated rings. The molecule has 0 aromatic rings. The second-order valence-electron chi connectivity index (χ2n) is 5.57. The second-order valence-corrected chi connectivity index (χ2v) is 5.57. The molecule has 0 aliphatic heterocycles. The minimum Gasteiger partial charge on any atom is -0.0814 e. The number of rotatable bonds is 3. The Morgan fingerprint density at radius 1 is 0.500 bits per heavy atom. The van der Waals surface area contributed by atoms with Gasteiger partial charge in [0.2, 0.25) is 0 Å². The van der Waals surface area contributed by atoms with Crippen molar-refractivity contribution in [3.05, 3.63) is 24.3 Å². The Balaban J connectivity index is 1.68. The molecule has 0 nitrogen and oxygen atoms in total. The Kier molecular flexibility index (Phi) is 5.18. The van der Waals surface area contributed by atoms with Crippen LogP contribution in [-0.2, 0) is 0 Å². The number of hydrogen-bond donors (Lipinski definition) is 0. The molecular formula is C16H26. The van der Waals surface area contributed by atoms with Gasteiger partial charge in [0.25, 0.3) is 0 Å². The van der Waals surface area contributed by atoms with Gasteiger partial charge in [-0.25, -0.2) is 0 Å². The Labute approximate surface area is 101 Å². The highest BCUT2D eigenvalue weighted by molar-refractivity contribution is 5.06. The summed E-state index contributed by atoms with van der Waals surface area (Å²) in [4.78, 5) is 0. The highest BCUT2D eigenvalue weighted by Gasteiger charge is 2.10. The van der Waals surface area contributed by atoms with Gasteiger partial charge in [0.05, 0.1) is 0 Å². The van der Waals surface area contributed by atoms with Crippen molar-refractivity contribution in [2.75, 3.05) is 0 Å². The predicted octanol–water partition coefficient (Wildman–Crippen LogP) is 5.26. The average Bonchev–Trinajstić information content (AvgIpc) is 2.37. The van der Waals surface area contributed by atoms with Gasteiger partial charge in [-0.05, 0) is 37.5 Å². The molecule has 0 aromatic heterocycles. The van der Waals surface area contributed by atoms with Crippen LogP contribution in [0.3, 0.4) is 0 Å². The minimum absolute atomic E-state index is 0.879. The molecule has 0 radical (unpaired) electrons. The first-order chi connectivity index (χ1) is 7.95. The maximum atomic E-state index is 2.44. The number of hydrogen-bond acceptors (Lipinski definition) is 0. The minimum atomic E-state index is 0.879. The lowest BCUT2D eigenvalue weighted by atomic mass is 9.88. The van der Waals surface area contributed by atoms with Crippen LogP contribution in [0.25, 0.3) is 0 Å². The Morgan fingerprint density at radius 2 is 0.875 bits per heavy atom. The van der Waals surface area contributed by atoms with E-state index in [0.29, 0.717) is 0 Å². The quantitative estimate of drug-likeness (QED) is 0.567. The van der Waals surface area contributed by atoms with Crippen LogP contribution < -0.4 is 0 Å². The Bertz CT molecular complexity index is 198.